The fourth-order valence-corrected chi connectivity index (χ4v) is 6.39. The highest BCUT2D eigenvalue weighted by atomic mass is 32.2. The molecule has 2 fully saturated rings. The Labute approximate surface area is 143 Å². The van der Waals surface area contributed by atoms with E-state index in [0.29, 0.717) is 17.5 Å². The van der Waals surface area contributed by atoms with E-state index in [9.17, 15) is 13.5 Å². The Hall–Kier alpha value is -0.920. The van der Waals surface area contributed by atoms with Gasteiger partial charge in [0.25, 0.3) is 0 Å². The Morgan fingerprint density at radius 3 is 2.54 bits per heavy atom. The summed E-state index contributed by atoms with van der Waals surface area (Å²) in [5.41, 5.74) is 1.59. The Morgan fingerprint density at radius 2 is 2.00 bits per heavy atom. The van der Waals surface area contributed by atoms with Crippen LogP contribution in [0, 0.1) is 31.6 Å². The van der Waals surface area contributed by atoms with Gasteiger partial charge in [-0.15, -0.1) is 0 Å². The fraction of sp³-hybridized carbons (Fsp3) is 0.824. The van der Waals surface area contributed by atoms with E-state index in [2.05, 4.69) is 11.9 Å². The van der Waals surface area contributed by atoms with Crippen molar-refractivity contribution in [2.45, 2.75) is 63.8 Å². The fourth-order valence-electron chi connectivity index (χ4n) is 4.75. The van der Waals surface area contributed by atoms with Gasteiger partial charge in [-0.3, -0.25) is 0 Å². The monoisotopic (exact) mass is 356 g/mol. The molecule has 0 spiro atoms. The van der Waals surface area contributed by atoms with Gasteiger partial charge in [-0.05, 0) is 57.8 Å². The van der Waals surface area contributed by atoms with Crippen LogP contribution in [0.25, 0.3) is 0 Å². The first-order valence-corrected chi connectivity index (χ1v) is 10.5. The molecule has 6 nitrogen and oxygen atoms in total. The largest absolute Gasteiger partial charge is 0.394 e. The lowest BCUT2D eigenvalue weighted by Gasteiger charge is -2.30. The number of aliphatic hydroxyl groups excluding tert-OH is 2. The number of sulfone groups is 1. The summed E-state index contributed by atoms with van der Waals surface area (Å²) in [4.78, 5) is 4.31. The van der Waals surface area contributed by atoms with E-state index in [0.717, 1.165) is 11.6 Å². The van der Waals surface area contributed by atoms with E-state index in [1.165, 1.54) is 25.7 Å². The number of fused-ring (bicyclic) bond motifs is 2. The number of imidazole rings is 1. The van der Waals surface area contributed by atoms with Crippen LogP contribution < -0.4 is 0 Å². The third-order valence-corrected chi connectivity index (χ3v) is 7.74. The molecule has 3 rings (SSSR count). The van der Waals surface area contributed by atoms with E-state index in [1.807, 2.05) is 18.4 Å². The van der Waals surface area contributed by atoms with Crippen LogP contribution in [0.4, 0.5) is 0 Å². The molecule has 0 amide bonds. The van der Waals surface area contributed by atoms with Gasteiger partial charge in [0.05, 0.1) is 24.2 Å². The van der Waals surface area contributed by atoms with Gasteiger partial charge in [0.2, 0.25) is 15.0 Å². The highest BCUT2D eigenvalue weighted by Gasteiger charge is 2.43. The normalized spacial score (nSPS) is 29.1. The Balaban J connectivity index is 1.96. The van der Waals surface area contributed by atoms with Gasteiger partial charge in [-0.2, -0.15) is 0 Å². The van der Waals surface area contributed by atoms with Crippen LogP contribution in [0.1, 0.15) is 50.0 Å². The quantitative estimate of drug-likeness (QED) is 0.808. The van der Waals surface area contributed by atoms with Gasteiger partial charge >= 0.3 is 0 Å². The second-order valence-corrected chi connectivity index (χ2v) is 9.56. The van der Waals surface area contributed by atoms with E-state index in [1.54, 1.807) is 0 Å². The molecule has 2 bridgehead atoms. The van der Waals surface area contributed by atoms with E-state index in [4.69, 9.17) is 5.11 Å². The smallest absolute Gasteiger partial charge is 0.228 e. The molecule has 24 heavy (non-hydrogen) atoms. The summed E-state index contributed by atoms with van der Waals surface area (Å²) >= 11 is 0. The molecule has 2 aliphatic carbocycles. The summed E-state index contributed by atoms with van der Waals surface area (Å²) in [7, 11) is -3.75. The highest BCUT2D eigenvalue weighted by molar-refractivity contribution is 7.91. The summed E-state index contributed by atoms with van der Waals surface area (Å²) in [5.74, 6) is 1.48. The lowest BCUT2D eigenvalue weighted by atomic mass is 9.84. The first-order valence-electron chi connectivity index (χ1n) is 8.81. The van der Waals surface area contributed by atoms with Crippen molar-refractivity contribution in [3.63, 3.8) is 0 Å². The summed E-state index contributed by atoms with van der Waals surface area (Å²) in [6, 6.07) is 0.0811. The first-order chi connectivity index (χ1) is 11.2. The van der Waals surface area contributed by atoms with E-state index < -0.39 is 28.3 Å². The molecule has 5 unspecified atom stereocenters. The highest BCUT2D eigenvalue weighted by Crippen LogP contribution is 2.52. The molecule has 0 aliphatic heterocycles. The van der Waals surface area contributed by atoms with Crippen molar-refractivity contribution in [2.75, 3.05) is 12.4 Å². The van der Waals surface area contributed by atoms with Crippen molar-refractivity contribution in [2.24, 2.45) is 17.8 Å². The predicted octanol–water partition coefficient (Wildman–Crippen LogP) is 1.62. The molecule has 0 aromatic carbocycles. The number of hydrogen-bond donors (Lipinski definition) is 2. The second kappa shape index (κ2) is 6.42. The summed E-state index contributed by atoms with van der Waals surface area (Å²) in [6.07, 6.45) is 3.72. The van der Waals surface area contributed by atoms with E-state index in [-0.39, 0.29) is 11.2 Å². The lowest BCUT2D eigenvalue weighted by Crippen LogP contribution is -2.29. The maximum atomic E-state index is 12.7. The van der Waals surface area contributed by atoms with Crippen molar-refractivity contribution in [3.05, 3.63) is 11.4 Å². The van der Waals surface area contributed by atoms with Crippen LogP contribution in [0.15, 0.2) is 5.16 Å². The van der Waals surface area contributed by atoms with Crippen LogP contribution in [0.3, 0.4) is 0 Å². The average molecular weight is 356 g/mol. The third-order valence-electron chi connectivity index (χ3n) is 6.07. The number of aliphatic hydroxyl groups is 2. The van der Waals surface area contributed by atoms with Crippen LogP contribution in [0.5, 0.6) is 0 Å². The zero-order valence-corrected chi connectivity index (χ0v) is 15.5. The van der Waals surface area contributed by atoms with Gasteiger partial charge in [0.15, 0.2) is 0 Å². The van der Waals surface area contributed by atoms with Crippen molar-refractivity contribution < 1.29 is 18.6 Å². The zero-order chi connectivity index (χ0) is 17.6. The third kappa shape index (κ3) is 3.02. The summed E-state index contributed by atoms with van der Waals surface area (Å²) in [5, 5.41) is 18.6. The molecule has 0 saturated heterocycles. The van der Waals surface area contributed by atoms with Crippen molar-refractivity contribution in [1.82, 2.24) is 9.55 Å². The molecule has 1 aromatic rings. The topological polar surface area (TPSA) is 92.4 Å². The number of hydrogen-bond acceptors (Lipinski definition) is 5. The van der Waals surface area contributed by atoms with Crippen LogP contribution in [-0.2, 0) is 9.84 Å². The lowest BCUT2D eigenvalue weighted by molar-refractivity contribution is 0.112. The van der Waals surface area contributed by atoms with Crippen molar-refractivity contribution >= 4 is 9.84 Å². The van der Waals surface area contributed by atoms with Crippen LogP contribution in [-0.4, -0.2) is 46.6 Å². The number of rotatable bonds is 6. The van der Waals surface area contributed by atoms with Crippen molar-refractivity contribution in [1.29, 1.82) is 0 Å². The average Bonchev–Trinajstić information content (AvgIpc) is 3.22. The Bertz CT molecular complexity index is 712. The van der Waals surface area contributed by atoms with Gasteiger partial charge in [-0.1, -0.05) is 6.42 Å². The van der Waals surface area contributed by atoms with Crippen LogP contribution in [0.2, 0.25) is 0 Å². The molecule has 2 aliphatic rings. The number of aryl methyl sites for hydroxylation is 1. The molecule has 0 radical (unpaired) electrons. The minimum atomic E-state index is -3.75. The molecule has 5 atom stereocenters. The molecule has 1 aromatic heterocycles. The molecule has 7 heteroatoms. The Morgan fingerprint density at radius 1 is 1.29 bits per heavy atom. The van der Waals surface area contributed by atoms with Gasteiger partial charge in [-0.25, -0.2) is 13.4 Å². The minimum absolute atomic E-state index is 0.0419. The molecular weight excluding hydrogens is 328 g/mol. The van der Waals surface area contributed by atoms with Crippen molar-refractivity contribution in [3.8, 4) is 0 Å². The van der Waals surface area contributed by atoms with E-state index >= 15 is 0 Å². The van der Waals surface area contributed by atoms with Crippen LogP contribution >= 0.6 is 0 Å². The molecule has 1 heterocycles. The first kappa shape index (κ1) is 17.9. The number of aromatic nitrogens is 2. The maximum Gasteiger partial charge on any atom is 0.228 e. The van der Waals surface area contributed by atoms with Gasteiger partial charge in [0, 0.05) is 11.7 Å². The standard InChI is InChI=1S/C17H28N2O4S/c1-10-11(2)19(12(3)16-7-13-4-5-14(16)6-13)17(18-10)24(22,23)9-15(21)8-20/h12-16,20-21H,4-9H2,1-3H3. The van der Waals surface area contributed by atoms with Gasteiger partial charge < -0.3 is 14.8 Å². The molecular formula is C17H28N2O4S. The maximum absolute atomic E-state index is 12.7. The second-order valence-electron chi connectivity index (χ2n) is 7.63. The predicted molar refractivity (Wildman–Crippen MR) is 90.5 cm³/mol. The summed E-state index contributed by atoms with van der Waals surface area (Å²) < 4.78 is 27.3. The van der Waals surface area contributed by atoms with Gasteiger partial charge in [0.1, 0.15) is 0 Å². The Kier molecular flexibility index (Phi) is 4.79. The number of nitrogens with zero attached hydrogens (tertiary/aromatic N) is 2. The molecule has 136 valence electrons. The minimum Gasteiger partial charge on any atom is -0.394 e. The SMILES string of the molecule is Cc1nc(S(=O)(=O)CC(O)CO)n(C(C)C2CC3CCC2C3)c1C. The molecule has 2 N–H and O–H groups in total. The zero-order valence-electron chi connectivity index (χ0n) is 14.6. The molecule has 2 saturated carbocycles. The summed E-state index contributed by atoms with van der Waals surface area (Å²) in [6.45, 7) is 5.26.